The van der Waals surface area contributed by atoms with Crippen molar-refractivity contribution < 1.29 is 26.2 Å². The molecule has 4 rings (SSSR count). The third-order valence-electron chi connectivity index (χ3n) is 4.81. The Bertz CT molecular complexity index is 870. The van der Waals surface area contributed by atoms with Crippen molar-refractivity contribution in [2.24, 2.45) is 0 Å². The molecule has 4 heteroatoms. The van der Waals surface area contributed by atoms with Crippen molar-refractivity contribution in [1.29, 1.82) is 0 Å². The Morgan fingerprint density at radius 3 is 2.38 bits per heavy atom. The molecule has 0 fully saturated rings. The third kappa shape index (κ3) is 2.86. The van der Waals surface area contributed by atoms with Gasteiger partial charge in [-0.1, -0.05) is 65.7 Å². The zero-order valence-corrected chi connectivity index (χ0v) is 18.5. The summed E-state index contributed by atoms with van der Waals surface area (Å²) in [7, 11) is 0.626. The molecule has 118 valence electrons. The van der Waals surface area contributed by atoms with Gasteiger partial charge in [-0.05, 0) is 53.3 Å². The Balaban J connectivity index is 0.00000169. The van der Waals surface area contributed by atoms with Gasteiger partial charge in [-0.2, -0.15) is 0 Å². The summed E-state index contributed by atoms with van der Waals surface area (Å²) in [6.07, 6.45) is 2.10. The Morgan fingerprint density at radius 2 is 1.58 bits per heavy atom. The predicted octanol–water partition coefficient (Wildman–Crippen LogP) is 6.06. The van der Waals surface area contributed by atoms with Crippen molar-refractivity contribution in [1.82, 2.24) is 0 Å². The van der Waals surface area contributed by atoms with Crippen LogP contribution >= 0.6 is 23.2 Å². The number of benzene rings is 2. The number of allylic oxidation sites excluding steroid dienone is 3. The van der Waals surface area contributed by atoms with Crippen LogP contribution in [0.4, 0.5) is 0 Å². The molecule has 2 atom stereocenters. The minimum atomic E-state index is 0. The molecule has 0 aliphatic heterocycles. The molecule has 0 saturated carbocycles. The van der Waals surface area contributed by atoms with E-state index in [0.29, 0.717) is 9.52 Å². The molecule has 2 radical (unpaired) electrons. The van der Waals surface area contributed by atoms with E-state index in [0.717, 1.165) is 10.1 Å². The Labute approximate surface area is 174 Å². The smallest absolute Gasteiger partial charge is 0.0711 e. The third-order valence-corrected chi connectivity index (χ3v) is 7.90. The number of aryl methyl sites for hydroxylation is 1. The number of halogens is 2. The molecule has 0 nitrogen and oxygen atoms in total. The van der Waals surface area contributed by atoms with Crippen LogP contribution in [0.25, 0.3) is 11.6 Å². The van der Waals surface area contributed by atoms with E-state index in [-0.39, 0.29) is 37.3 Å². The van der Waals surface area contributed by atoms with Crippen molar-refractivity contribution in [2.75, 3.05) is 0 Å². The van der Waals surface area contributed by atoms with Gasteiger partial charge in [0.1, 0.15) is 0 Å². The van der Waals surface area contributed by atoms with Crippen molar-refractivity contribution in [2.45, 2.75) is 24.9 Å². The van der Waals surface area contributed by atoms with Crippen LogP contribution in [-0.2, 0) is 26.2 Å². The fourth-order valence-electron chi connectivity index (χ4n) is 3.70. The Hall–Kier alpha value is -0.400. The molecule has 0 aromatic heterocycles. The molecule has 0 heterocycles. The molecule has 0 bridgehead atoms. The summed E-state index contributed by atoms with van der Waals surface area (Å²) in [5.74, 6) is 0. The van der Waals surface area contributed by atoms with Gasteiger partial charge in [-0.25, -0.2) is 0 Å². The maximum atomic E-state index is 6.74. The van der Waals surface area contributed by atoms with Crippen molar-refractivity contribution in [3.63, 3.8) is 0 Å². The van der Waals surface area contributed by atoms with Gasteiger partial charge in [0.05, 0.1) is 9.52 Å². The van der Waals surface area contributed by atoms with Gasteiger partial charge in [-0.3, -0.25) is 0 Å². The molecule has 24 heavy (non-hydrogen) atoms. The molecule has 2 aromatic carbocycles. The molecule has 0 amide bonds. The topological polar surface area (TPSA) is 0 Å². The second-order valence-electron chi connectivity index (χ2n) is 6.20. The van der Waals surface area contributed by atoms with E-state index in [2.05, 4.69) is 62.4 Å². The van der Waals surface area contributed by atoms with E-state index in [1.165, 1.54) is 33.4 Å². The van der Waals surface area contributed by atoms with Crippen LogP contribution in [0.3, 0.4) is 0 Å². The first-order chi connectivity index (χ1) is 11.1. The zero-order valence-electron chi connectivity index (χ0n) is 13.5. The number of rotatable bonds is 2. The van der Waals surface area contributed by atoms with Gasteiger partial charge in [0.25, 0.3) is 0 Å². The summed E-state index contributed by atoms with van der Waals surface area (Å²) in [5, 5.41) is 1.93. The van der Waals surface area contributed by atoms with E-state index in [1.807, 2.05) is 0 Å². The monoisotopic (exact) mass is 444 g/mol. The quantitative estimate of drug-likeness (QED) is 0.492. The summed E-state index contributed by atoms with van der Waals surface area (Å²) in [5.41, 5.74) is 8.34. The van der Waals surface area contributed by atoms with E-state index in [4.69, 9.17) is 23.2 Å². The van der Waals surface area contributed by atoms with Crippen LogP contribution in [-0.4, -0.2) is 9.52 Å². The normalized spacial score (nSPS) is 21.2. The van der Waals surface area contributed by atoms with Crippen molar-refractivity contribution in [3.8, 4) is 0 Å². The summed E-state index contributed by atoms with van der Waals surface area (Å²) >= 11 is 13.3. The molecule has 2 aromatic rings. The molecule has 0 saturated heterocycles. The Morgan fingerprint density at radius 1 is 0.875 bits per heavy atom. The maximum absolute atomic E-state index is 6.74. The summed E-state index contributed by atoms with van der Waals surface area (Å²) in [6, 6.07) is 15.0. The van der Waals surface area contributed by atoms with Crippen LogP contribution in [0.15, 0.2) is 52.5 Å². The SMILES string of the molecule is CC1=C(Cl)C([Si]C2C(Cl)=Cc3ccccc32)c2cccc(C)c21.[Zr]. The largest absolute Gasteiger partial charge is 0.0888 e. The number of fused-ring (bicyclic) bond motifs is 2. The van der Waals surface area contributed by atoms with Crippen LogP contribution in [0.1, 0.15) is 45.8 Å². The predicted molar refractivity (Wildman–Crippen MR) is 101 cm³/mol. The first kappa shape index (κ1) is 18.4. The zero-order chi connectivity index (χ0) is 16.1. The van der Waals surface area contributed by atoms with Gasteiger partial charge in [0.2, 0.25) is 0 Å². The van der Waals surface area contributed by atoms with Crippen molar-refractivity contribution >= 4 is 44.4 Å². The first-order valence-corrected chi connectivity index (χ1v) is 9.67. The first-order valence-electron chi connectivity index (χ1n) is 7.76. The summed E-state index contributed by atoms with van der Waals surface area (Å²) < 4.78 is 0. The molecular formula is C20H16Cl2SiZr. The number of hydrogen-bond acceptors (Lipinski definition) is 0. The van der Waals surface area contributed by atoms with Gasteiger partial charge in [0.15, 0.2) is 0 Å². The van der Waals surface area contributed by atoms with Crippen LogP contribution in [0.5, 0.6) is 0 Å². The minimum Gasteiger partial charge on any atom is -0.0888 e. The van der Waals surface area contributed by atoms with Gasteiger partial charge >= 0.3 is 0 Å². The summed E-state index contributed by atoms with van der Waals surface area (Å²) in [4.78, 5) is 0. The molecule has 2 unspecified atom stereocenters. The average molecular weight is 447 g/mol. The van der Waals surface area contributed by atoms with Crippen LogP contribution in [0, 0.1) is 6.92 Å². The van der Waals surface area contributed by atoms with E-state index in [9.17, 15) is 0 Å². The molecule has 2 aliphatic rings. The van der Waals surface area contributed by atoms with Crippen LogP contribution in [0.2, 0.25) is 0 Å². The second kappa shape index (κ2) is 7.08. The molecule has 0 N–H and O–H groups in total. The molecular weight excluding hydrogens is 430 g/mol. The van der Waals surface area contributed by atoms with Gasteiger partial charge in [0, 0.05) is 47.4 Å². The van der Waals surface area contributed by atoms with Crippen LogP contribution < -0.4 is 0 Å². The van der Waals surface area contributed by atoms with E-state index >= 15 is 0 Å². The Kier molecular flexibility index (Phi) is 5.42. The standard InChI is InChI=1S/C20H16Cl2Si.Zr/c1-11-6-5-9-15-17(11)12(2)18(22)20(15)23-19-14-8-4-3-7-13(14)10-16(19)21;/h3-10,19-20H,1-2H3;. The van der Waals surface area contributed by atoms with Gasteiger partial charge in [-0.15, -0.1) is 0 Å². The van der Waals surface area contributed by atoms with E-state index in [1.54, 1.807) is 0 Å². The molecule has 0 spiro atoms. The second-order valence-corrected chi connectivity index (χ2v) is 8.53. The minimum absolute atomic E-state index is 0. The fourth-order valence-corrected chi connectivity index (χ4v) is 6.33. The average Bonchev–Trinajstić information content (AvgIpc) is 2.98. The fraction of sp³-hybridized carbons (Fsp3) is 0.200. The number of hydrogen-bond donors (Lipinski definition) is 0. The maximum Gasteiger partial charge on any atom is 0.0711 e. The van der Waals surface area contributed by atoms with Crippen molar-refractivity contribution in [3.05, 3.63) is 80.3 Å². The van der Waals surface area contributed by atoms with Gasteiger partial charge < -0.3 is 0 Å². The van der Waals surface area contributed by atoms with E-state index < -0.39 is 0 Å². The molecule has 2 aliphatic carbocycles. The summed E-state index contributed by atoms with van der Waals surface area (Å²) in [6.45, 7) is 4.30.